The summed E-state index contributed by atoms with van der Waals surface area (Å²) in [5.41, 5.74) is 0.299. The molecule has 1 saturated heterocycles. The van der Waals surface area contributed by atoms with E-state index < -0.39 is 5.97 Å². The van der Waals surface area contributed by atoms with E-state index >= 15 is 0 Å². The number of nitrogens with zero attached hydrogens (tertiary/aromatic N) is 2. The fourth-order valence-electron chi connectivity index (χ4n) is 2.78. The van der Waals surface area contributed by atoms with Gasteiger partial charge < -0.3 is 14.7 Å². The Kier molecular flexibility index (Phi) is 6.14. The predicted molar refractivity (Wildman–Crippen MR) is 85.4 cm³/mol. The van der Waals surface area contributed by atoms with Gasteiger partial charge in [0.1, 0.15) is 6.61 Å². The average molecular weight is 318 g/mol. The number of aliphatic carboxylic acids is 1. The Morgan fingerprint density at radius 3 is 3.09 bits per heavy atom. The minimum absolute atomic E-state index is 0.143. The number of rotatable bonds is 7. The van der Waals surface area contributed by atoms with E-state index in [1.54, 1.807) is 29.3 Å². The van der Waals surface area contributed by atoms with E-state index in [-0.39, 0.29) is 18.2 Å². The van der Waals surface area contributed by atoms with E-state index in [1.807, 2.05) is 0 Å². The van der Waals surface area contributed by atoms with Crippen molar-refractivity contribution in [1.29, 1.82) is 0 Å². The third-order valence-electron chi connectivity index (χ3n) is 3.90. The van der Waals surface area contributed by atoms with E-state index in [9.17, 15) is 9.59 Å². The second-order valence-electron chi connectivity index (χ2n) is 5.64. The fourth-order valence-corrected chi connectivity index (χ4v) is 2.78. The van der Waals surface area contributed by atoms with Crippen LogP contribution >= 0.6 is 0 Å². The van der Waals surface area contributed by atoms with Crippen molar-refractivity contribution in [2.45, 2.75) is 25.7 Å². The Morgan fingerprint density at radius 2 is 2.35 bits per heavy atom. The number of piperidine rings is 1. The zero-order valence-corrected chi connectivity index (χ0v) is 13.1. The molecule has 0 radical (unpaired) electrons. The minimum Gasteiger partial charge on any atom is -0.487 e. The van der Waals surface area contributed by atoms with Crippen molar-refractivity contribution in [1.82, 2.24) is 9.88 Å². The lowest BCUT2D eigenvalue weighted by Gasteiger charge is -2.32. The highest BCUT2D eigenvalue weighted by Gasteiger charge is 2.27. The molecule has 6 nitrogen and oxygen atoms in total. The van der Waals surface area contributed by atoms with Crippen LogP contribution in [0.1, 0.15) is 36.2 Å². The lowest BCUT2D eigenvalue weighted by atomic mass is 9.93. The first-order valence-corrected chi connectivity index (χ1v) is 7.81. The Morgan fingerprint density at radius 1 is 1.52 bits per heavy atom. The Balaban J connectivity index is 2.04. The first-order valence-electron chi connectivity index (χ1n) is 7.81. The molecule has 6 heteroatoms. The molecule has 2 heterocycles. The highest BCUT2D eigenvalue weighted by molar-refractivity contribution is 5.95. The van der Waals surface area contributed by atoms with Gasteiger partial charge in [-0.3, -0.25) is 9.59 Å². The van der Waals surface area contributed by atoms with Crippen LogP contribution in [0.25, 0.3) is 0 Å². The standard InChI is InChI=1S/C17H22N2O4/c1-2-11-23-14-6-3-9-18-16(14)17(22)19-10-4-5-13(12-19)7-8-15(20)21/h2-3,6,9,13H,1,4-5,7-8,10-12H2,(H,20,21). The summed E-state index contributed by atoms with van der Waals surface area (Å²) in [4.78, 5) is 29.3. The van der Waals surface area contributed by atoms with Crippen LogP contribution in [0.15, 0.2) is 31.0 Å². The van der Waals surface area contributed by atoms with E-state index in [4.69, 9.17) is 9.84 Å². The number of carbonyl (C=O) groups excluding carboxylic acids is 1. The highest BCUT2D eigenvalue weighted by atomic mass is 16.5. The number of ether oxygens (including phenoxy) is 1. The second kappa shape index (κ2) is 8.31. The quantitative estimate of drug-likeness (QED) is 0.781. The molecular formula is C17H22N2O4. The number of carbonyl (C=O) groups is 2. The lowest BCUT2D eigenvalue weighted by molar-refractivity contribution is -0.137. The summed E-state index contributed by atoms with van der Waals surface area (Å²) in [6.07, 6.45) is 5.76. The third-order valence-corrected chi connectivity index (χ3v) is 3.90. The number of hydrogen-bond donors (Lipinski definition) is 1. The number of pyridine rings is 1. The molecule has 0 saturated carbocycles. The second-order valence-corrected chi connectivity index (χ2v) is 5.64. The molecule has 124 valence electrons. The van der Waals surface area contributed by atoms with Crippen LogP contribution in [0.2, 0.25) is 0 Å². The van der Waals surface area contributed by atoms with E-state index in [2.05, 4.69) is 11.6 Å². The van der Waals surface area contributed by atoms with Crippen LogP contribution in [0.3, 0.4) is 0 Å². The van der Waals surface area contributed by atoms with Gasteiger partial charge in [0.05, 0.1) is 0 Å². The molecule has 0 aromatic carbocycles. The molecular weight excluding hydrogens is 296 g/mol. The van der Waals surface area contributed by atoms with E-state index in [1.165, 1.54) is 0 Å². The summed E-state index contributed by atoms with van der Waals surface area (Å²) in [5, 5.41) is 8.80. The number of hydrogen-bond acceptors (Lipinski definition) is 4. The number of carboxylic acids is 1. The van der Waals surface area contributed by atoms with Gasteiger partial charge in [0.2, 0.25) is 0 Å². The third kappa shape index (κ3) is 4.81. The molecule has 1 aliphatic heterocycles. The molecule has 2 rings (SSSR count). The molecule has 0 spiro atoms. The predicted octanol–water partition coefficient (Wildman–Crippen LogP) is 2.36. The van der Waals surface area contributed by atoms with Crippen molar-refractivity contribution in [3.05, 3.63) is 36.7 Å². The Labute approximate surface area is 135 Å². The summed E-state index contributed by atoms with van der Waals surface area (Å²) < 4.78 is 5.50. The van der Waals surface area contributed by atoms with Crippen LogP contribution < -0.4 is 4.74 Å². The van der Waals surface area contributed by atoms with Crippen molar-refractivity contribution < 1.29 is 19.4 Å². The number of amides is 1. The monoisotopic (exact) mass is 318 g/mol. The SMILES string of the molecule is C=CCOc1cccnc1C(=O)N1CCCC(CCC(=O)O)C1. The summed E-state index contributed by atoms with van der Waals surface area (Å²) in [7, 11) is 0. The van der Waals surface area contributed by atoms with Gasteiger partial charge in [-0.2, -0.15) is 0 Å². The van der Waals surface area contributed by atoms with Gasteiger partial charge in [-0.15, -0.1) is 0 Å². The van der Waals surface area contributed by atoms with Crippen LogP contribution in [-0.4, -0.2) is 46.6 Å². The normalized spacial score (nSPS) is 17.6. The van der Waals surface area contributed by atoms with Gasteiger partial charge in [0.25, 0.3) is 5.91 Å². The first kappa shape index (κ1) is 17.0. The number of likely N-dealkylation sites (tertiary alicyclic amines) is 1. The maximum atomic E-state index is 12.7. The van der Waals surface area contributed by atoms with Crippen molar-refractivity contribution in [2.75, 3.05) is 19.7 Å². The van der Waals surface area contributed by atoms with E-state index in [0.29, 0.717) is 37.6 Å². The summed E-state index contributed by atoms with van der Waals surface area (Å²) in [6.45, 7) is 5.15. The molecule has 1 atom stereocenters. The summed E-state index contributed by atoms with van der Waals surface area (Å²) in [5.74, 6) is -0.280. The van der Waals surface area contributed by atoms with Crippen LogP contribution in [0, 0.1) is 5.92 Å². The van der Waals surface area contributed by atoms with Crippen molar-refractivity contribution in [3.8, 4) is 5.75 Å². The fraction of sp³-hybridized carbons (Fsp3) is 0.471. The molecule has 0 bridgehead atoms. The molecule has 1 unspecified atom stereocenters. The van der Waals surface area contributed by atoms with Gasteiger partial charge in [0.15, 0.2) is 11.4 Å². The Hall–Kier alpha value is -2.37. The van der Waals surface area contributed by atoms with Gasteiger partial charge in [-0.25, -0.2) is 4.98 Å². The minimum atomic E-state index is -0.793. The molecule has 1 fully saturated rings. The van der Waals surface area contributed by atoms with Crippen LogP contribution in [-0.2, 0) is 4.79 Å². The number of aromatic nitrogens is 1. The topological polar surface area (TPSA) is 79.7 Å². The highest BCUT2D eigenvalue weighted by Crippen LogP contribution is 2.24. The maximum absolute atomic E-state index is 12.7. The zero-order chi connectivity index (χ0) is 16.7. The molecule has 1 aromatic heterocycles. The average Bonchev–Trinajstić information content (AvgIpc) is 2.58. The summed E-state index contributed by atoms with van der Waals surface area (Å²) >= 11 is 0. The molecule has 1 aromatic rings. The van der Waals surface area contributed by atoms with Crippen LogP contribution in [0.5, 0.6) is 5.75 Å². The smallest absolute Gasteiger partial charge is 0.303 e. The summed E-state index contributed by atoms with van der Waals surface area (Å²) in [6, 6.07) is 3.44. The largest absolute Gasteiger partial charge is 0.487 e. The van der Waals surface area contributed by atoms with Crippen LogP contribution in [0.4, 0.5) is 0 Å². The Bertz CT molecular complexity index is 573. The van der Waals surface area contributed by atoms with Crippen molar-refractivity contribution >= 4 is 11.9 Å². The van der Waals surface area contributed by atoms with Crippen molar-refractivity contribution in [3.63, 3.8) is 0 Å². The van der Waals surface area contributed by atoms with Gasteiger partial charge in [-0.1, -0.05) is 12.7 Å². The zero-order valence-electron chi connectivity index (χ0n) is 13.1. The van der Waals surface area contributed by atoms with Gasteiger partial charge in [-0.05, 0) is 37.3 Å². The van der Waals surface area contributed by atoms with E-state index in [0.717, 1.165) is 12.8 Å². The maximum Gasteiger partial charge on any atom is 0.303 e. The van der Waals surface area contributed by atoms with Gasteiger partial charge >= 0.3 is 5.97 Å². The number of carboxylic acid groups (broad SMARTS) is 1. The molecule has 1 N–H and O–H groups in total. The molecule has 23 heavy (non-hydrogen) atoms. The lowest BCUT2D eigenvalue weighted by Crippen LogP contribution is -2.40. The first-order chi connectivity index (χ1) is 11.1. The molecule has 1 amide bonds. The molecule has 1 aliphatic rings. The molecule has 0 aliphatic carbocycles. The van der Waals surface area contributed by atoms with Gasteiger partial charge in [0, 0.05) is 25.7 Å². The van der Waals surface area contributed by atoms with Crippen molar-refractivity contribution in [2.24, 2.45) is 5.92 Å².